The summed E-state index contributed by atoms with van der Waals surface area (Å²) < 4.78 is 6.63. The maximum Gasteiger partial charge on any atom is 0.0827 e. The monoisotopic (exact) mass is 256 g/mol. The van der Waals surface area contributed by atoms with E-state index < -0.39 is 0 Å². The molecule has 1 heterocycles. The van der Waals surface area contributed by atoms with E-state index in [2.05, 4.69) is 28.1 Å². The van der Waals surface area contributed by atoms with Gasteiger partial charge in [-0.3, -0.25) is 0 Å². The lowest BCUT2D eigenvalue weighted by molar-refractivity contribution is -0.0568. The molecule has 0 amide bonds. The van der Waals surface area contributed by atoms with Gasteiger partial charge in [-0.1, -0.05) is 28.1 Å². The molecular weight excluding hydrogens is 244 g/mol. The lowest BCUT2D eigenvalue weighted by Crippen LogP contribution is -2.24. The summed E-state index contributed by atoms with van der Waals surface area (Å²) in [4.78, 5) is 0. The van der Waals surface area contributed by atoms with Crippen molar-refractivity contribution in [3.05, 3.63) is 34.3 Å². The highest BCUT2D eigenvalue weighted by atomic mass is 79.9. The molecule has 1 aromatic rings. The predicted octanol–water partition coefficient (Wildman–Crippen LogP) is 2.66. The van der Waals surface area contributed by atoms with Crippen molar-refractivity contribution in [2.75, 3.05) is 6.61 Å². The van der Waals surface area contributed by atoms with Crippen LogP contribution in [0.5, 0.6) is 0 Å². The number of aliphatic hydroxyl groups excluding tert-OH is 1. The average molecular weight is 257 g/mol. The van der Waals surface area contributed by atoms with Crippen molar-refractivity contribution in [2.45, 2.75) is 25.0 Å². The molecule has 2 rings (SSSR count). The Morgan fingerprint density at radius 1 is 1.21 bits per heavy atom. The van der Waals surface area contributed by atoms with Crippen LogP contribution in [0.1, 0.15) is 24.5 Å². The Hall–Kier alpha value is -0.380. The summed E-state index contributed by atoms with van der Waals surface area (Å²) in [5.41, 5.74) is 1.19. The van der Waals surface area contributed by atoms with Crippen LogP contribution in [0.4, 0.5) is 0 Å². The summed E-state index contributed by atoms with van der Waals surface area (Å²) in [6.45, 7) is 0.459. The van der Waals surface area contributed by atoms with Gasteiger partial charge >= 0.3 is 0 Å². The van der Waals surface area contributed by atoms with E-state index in [0.29, 0.717) is 6.61 Å². The van der Waals surface area contributed by atoms with Crippen LogP contribution in [0.3, 0.4) is 0 Å². The van der Waals surface area contributed by atoms with Gasteiger partial charge in [0.05, 0.1) is 18.8 Å². The van der Waals surface area contributed by atoms with Crippen molar-refractivity contribution in [3.8, 4) is 0 Å². The predicted molar refractivity (Wildman–Crippen MR) is 58.1 cm³/mol. The summed E-state index contributed by atoms with van der Waals surface area (Å²) in [6, 6.07) is 8.16. The highest BCUT2D eigenvalue weighted by molar-refractivity contribution is 9.10. The minimum Gasteiger partial charge on any atom is -0.391 e. The first-order valence-corrected chi connectivity index (χ1v) is 5.60. The normalized spacial score (nSPS) is 27.6. The Balaban J connectivity index is 2.05. The van der Waals surface area contributed by atoms with Crippen molar-refractivity contribution >= 4 is 15.9 Å². The number of ether oxygens (including phenoxy) is 1. The number of hydrogen-bond acceptors (Lipinski definition) is 2. The van der Waals surface area contributed by atoms with Gasteiger partial charge in [0.15, 0.2) is 0 Å². The number of rotatable bonds is 1. The second kappa shape index (κ2) is 4.43. The van der Waals surface area contributed by atoms with Gasteiger partial charge in [-0.2, -0.15) is 0 Å². The smallest absolute Gasteiger partial charge is 0.0827 e. The minimum absolute atomic E-state index is 0.159. The number of halogens is 1. The maximum atomic E-state index is 9.29. The van der Waals surface area contributed by atoms with Crippen molar-refractivity contribution in [1.29, 1.82) is 0 Å². The fourth-order valence-electron chi connectivity index (χ4n) is 1.68. The largest absolute Gasteiger partial charge is 0.391 e. The second-order valence-corrected chi connectivity index (χ2v) is 4.52. The van der Waals surface area contributed by atoms with Crippen LogP contribution in [0.15, 0.2) is 28.7 Å². The first-order valence-electron chi connectivity index (χ1n) is 4.81. The Morgan fingerprint density at radius 2 is 1.93 bits per heavy atom. The van der Waals surface area contributed by atoms with Crippen molar-refractivity contribution in [2.24, 2.45) is 0 Å². The first kappa shape index (κ1) is 10.1. The van der Waals surface area contributed by atoms with Gasteiger partial charge < -0.3 is 9.84 Å². The van der Waals surface area contributed by atoms with E-state index in [4.69, 9.17) is 4.74 Å². The highest BCUT2D eigenvalue weighted by Crippen LogP contribution is 2.28. The third-order valence-corrected chi connectivity index (χ3v) is 3.02. The molecule has 0 bridgehead atoms. The number of aliphatic hydroxyl groups is 1. The van der Waals surface area contributed by atoms with Gasteiger partial charge in [0.25, 0.3) is 0 Å². The molecule has 0 aliphatic carbocycles. The molecule has 1 fully saturated rings. The molecule has 2 nitrogen and oxygen atoms in total. The third kappa shape index (κ3) is 2.35. The third-order valence-electron chi connectivity index (χ3n) is 2.49. The maximum absolute atomic E-state index is 9.29. The fourth-order valence-corrected chi connectivity index (χ4v) is 1.94. The van der Waals surface area contributed by atoms with E-state index in [-0.39, 0.29) is 12.2 Å². The lowest BCUT2D eigenvalue weighted by Gasteiger charge is -2.26. The minimum atomic E-state index is -0.276. The molecule has 1 N–H and O–H groups in total. The van der Waals surface area contributed by atoms with E-state index in [1.54, 1.807) is 0 Å². The van der Waals surface area contributed by atoms with Crippen LogP contribution in [0, 0.1) is 0 Å². The average Bonchev–Trinajstić information content (AvgIpc) is 2.21. The van der Waals surface area contributed by atoms with Crippen LogP contribution in [0.25, 0.3) is 0 Å². The zero-order valence-electron chi connectivity index (χ0n) is 7.82. The van der Waals surface area contributed by atoms with Gasteiger partial charge in [0.2, 0.25) is 0 Å². The zero-order chi connectivity index (χ0) is 9.97. The molecule has 0 unspecified atom stereocenters. The number of hydrogen-bond donors (Lipinski definition) is 1. The summed E-state index contributed by atoms with van der Waals surface area (Å²) in [5.74, 6) is 0. The van der Waals surface area contributed by atoms with Gasteiger partial charge in [0, 0.05) is 4.47 Å². The van der Waals surface area contributed by atoms with E-state index in [1.165, 1.54) is 5.56 Å². The fraction of sp³-hybridized carbons (Fsp3) is 0.455. The van der Waals surface area contributed by atoms with Crippen LogP contribution >= 0.6 is 15.9 Å². The van der Waals surface area contributed by atoms with Gasteiger partial charge in [-0.15, -0.1) is 0 Å². The van der Waals surface area contributed by atoms with Gasteiger partial charge in [-0.05, 0) is 30.5 Å². The second-order valence-electron chi connectivity index (χ2n) is 3.60. The Kier molecular flexibility index (Phi) is 3.21. The van der Waals surface area contributed by atoms with Crippen LogP contribution in [-0.4, -0.2) is 17.8 Å². The van der Waals surface area contributed by atoms with E-state index in [9.17, 15) is 5.11 Å². The molecule has 1 aliphatic heterocycles. The first-order chi connectivity index (χ1) is 6.75. The molecule has 1 aliphatic rings. The molecule has 0 spiro atoms. The summed E-state index contributed by atoms with van der Waals surface area (Å²) >= 11 is 3.40. The summed E-state index contributed by atoms with van der Waals surface area (Å²) in [6.07, 6.45) is 1.62. The molecule has 76 valence electrons. The van der Waals surface area contributed by atoms with Crippen molar-refractivity contribution in [3.63, 3.8) is 0 Å². The van der Waals surface area contributed by atoms with E-state index in [0.717, 1.165) is 17.3 Å². The van der Waals surface area contributed by atoms with Crippen molar-refractivity contribution in [1.82, 2.24) is 0 Å². The number of benzene rings is 1. The van der Waals surface area contributed by atoms with Gasteiger partial charge in [-0.25, -0.2) is 0 Å². The van der Waals surface area contributed by atoms with E-state index >= 15 is 0 Å². The quantitative estimate of drug-likeness (QED) is 0.838. The van der Waals surface area contributed by atoms with Crippen molar-refractivity contribution < 1.29 is 9.84 Å². The Labute approximate surface area is 92.0 Å². The SMILES string of the molecule is O[C@H]1CC[C@H](c2ccc(Br)cc2)OC1. The highest BCUT2D eigenvalue weighted by Gasteiger charge is 2.20. The molecular formula is C11H13BrO2. The molecule has 14 heavy (non-hydrogen) atoms. The molecule has 1 saturated heterocycles. The Morgan fingerprint density at radius 3 is 2.50 bits per heavy atom. The van der Waals surface area contributed by atoms with Crippen LogP contribution in [-0.2, 0) is 4.74 Å². The summed E-state index contributed by atoms with van der Waals surface area (Å²) in [7, 11) is 0. The van der Waals surface area contributed by atoms with Crippen LogP contribution in [0.2, 0.25) is 0 Å². The summed E-state index contributed by atoms with van der Waals surface area (Å²) in [5, 5.41) is 9.29. The van der Waals surface area contributed by atoms with Crippen LogP contribution < -0.4 is 0 Å². The van der Waals surface area contributed by atoms with E-state index in [1.807, 2.05) is 12.1 Å². The molecule has 2 atom stereocenters. The molecule has 0 saturated carbocycles. The van der Waals surface area contributed by atoms with Gasteiger partial charge in [0.1, 0.15) is 0 Å². The molecule has 0 aromatic heterocycles. The molecule has 3 heteroatoms. The zero-order valence-corrected chi connectivity index (χ0v) is 9.40. The Bertz CT molecular complexity index is 289. The molecule has 1 aromatic carbocycles. The lowest BCUT2D eigenvalue weighted by atomic mass is 10.0. The topological polar surface area (TPSA) is 29.5 Å². The standard InChI is InChI=1S/C11H13BrO2/c12-9-3-1-8(2-4-9)11-6-5-10(13)7-14-11/h1-4,10-11,13H,5-7H2/t10-,11+/m0/s1. The molecule has 0 radical (unpaired) electrons.